The zero-order valence-corrected chi connectivity index (χ0v) is 8.54. The lowest BCUT2D eigenvalue weighted by atomic mass is 10.3. The number of carbonyl (C=O) groups is 1. The number of aromatic carboxylic acids is 1. The molecule has 0 aliphatic heterocycles. The molecule has 1 aromatic rings. The Labute approximate surface area is 83.7 Å². The number of halogens is 1. The van der Waals surface area contributed by atoms with Crippen LogP contribution in [0.15, 0.2) is 16.7 Å². The third-order valence-corrected chi connectivity index (χ3v) is 1.76. The predicted molar refractivity (Wildman–Crippen MR) is 50.1 cm³/mol. The van der Waals surface area contributed by atoms with Crippen LogP contribution in [-0.2, 0) is 0 Å². The van der Waals surface area contributed by atoms with Crippen molar-refractivity contribution in [1.82, 2.24) is 4.98 Å². The van der Waals surface area contributed by atoms with Crippen LogP contribution >= 0.6 is 15.9 Å². The number of hydrogen-bond acceptors (Lipinski definition) is 3. The number of carboxylic acid groups (broad SMARTS) is 1. The second-order valence-corrected chi connectivity index (χ2v) is 3.16. The maximum atomic E-state index is 10.7. The predicted octanol–water partition coefficient (Wildman–Crippen LogP) is 1.94. The van der Waals surface area contributed by atoms with E-state index in [1.165, 1.54) is 12.3 Å². The summed E-state index contributed by atoms with van der Waals surface area (Å²) in [5.74, 6) is -0.893. The van der Waals surface area contributed by atoms with E-state index in [0.717, 1.165) is 0 Å². The quantitative estimate of drug-likeness (QED) is 0.885. The summed E-state index contributed by atoms with van der Waals surface area (Å²) < 4.78 is 5.66. The van der Waals surface area contributed by atoms with E-state index in [1.54, 1.807) is 6.92 Å². The largest absolute Gasteiger partial charge is 0.477 e. The van der Waals surface area contributed by atoms with Gasteiger partial charge in [0.15, 0.2) is 0 Å². The minimum Gasteiger partial charge on any atom is -0.477 e. The van der Waals surface area contributed by atoms with Crippen molar-refractivity contribution < 1.29 is 14.6 Å². The Morgan fingerprint density at radius 2 is 2.46 bits per heavy atom. The second-order valence-electron chi connectivity index (χ2n) is 2.24. The molecule has 0 unspecified atom stereocenters. The first-order valence-electron chi connectivity index (χ1n) is 3.66. The highest BCUT2D eigenvalue weighted by molar-refractivity contribution is 9.10. The van der Waals surface area contributed by atoms with E-state index in [1.807, 2.05) is 0 Å². The molecule has 1 rings (SSSR count). The molecule has 0 amide bonds. The molecular weight excluding hydrogens is 238 g/mol. The lowest BCUT2D eigenvalue weighted by molar-refractivity contribution is 0.0691. The van der Waals surface area contributed by atoms with Gasteiger partial charge in [-0.25, -0.2) is 9.78 Å². The molecular formula is C8H8BrNO3. The van der Waals surface area contributed by atoms with Gasteiger partial charge in [-0.1, -0.05) is 0 Å². The normalized spacial score (nSPS) is 9.69. The van der Waals surface area contributed by atoms with Crippen LogP contribution in [0, 0.1) is 0 Å². The van der Waals surface area contributed by atoms with Crippen molar-refractivity contribution in [2.45, 2.75) is 6.92 Å². The number of aromatic nitrogens is 1. The number of carboxylic acids is 1. The summed E-state index contributed by atoms with van der Waals surface area (Å²) >= 11 is 3.13. The van der Waals surface area contributed by atoms with Crippen molar-refractivity contribution >= 4 is 21.9 Å². The van der Waals surface area contributed by atoms with Crippen molar-refractivity contribution in [2.75, 3.05) is 6.61 Å². The molecule has 4 nitrogen and oxygen atoms in total. The fraction of sp³-hybridized carbons (Fsp3) is 0.250. The maximum absolute atomic E-state index is 10.7. The van der Waals surface area contributed by atoms with Gasteiger partial charge in [0.05, 0.1) is 6.61 Å². The minimum atomic E-state index is -1.04. The zero-order valence-electron chi connectivity index (χ0n) is 6.95. The molecule has 0 atom stereocenters. The van der Waals surface area contributed by atoms with Crippen LogP contribution < -0.4 is 4.74 Å². The molecule has 1 aromatic heterocycles. The van der Waals surface area contributed by atoms with Crippen molar-refractivity contribution in [3.05, 3.63) is 22.3 Å². The van der Waals surface area contributed by atoms with Gasteiger partial charge in [-0.15, -0.1) is 0 Å². The molecule has 70 valence electrons. The van der Waals surface area contributed by atoms with E-state index in [0.29, 0.717) is 11.1 Å². The Bertz CT molecular complexity index is 327. The van der Waals surface area contributed by atoms with Crippen LogP contribution in [0.5, 0.6) is 5.88 Å². The van der Waals surface area contributed by atoms with Crippen molar-refractivity contribution in [2.24, 2.45) is 0 Å². The Hall–Kier alpha value is -1.10. The average molecular weight is 246 g/mol. The first-order chi connectivity index (χ1) is 6.15. The van der Waals surface area contributed by atoms with Crippen LogP contribution in [0.1, 0.15) is 17.3 Å². The molecule has 1 heterocycles. The Kier molecular flexibility index (Phi) is 3.25. The van der Waals surface area contributed by atoms with Gasteiger partial charge < -0.3 is 9.84 Å². The fourth-order valence-corrected chi connectivity index (χ4v) is 1.16. The number of ether oxygens (including phenoxy) is 1. The summed E-state index contributed by atoms with van der Waals surface area (Å²) in [4.78, 5) is 14.5. The van der Waals surface area contributed by atoms with Gasteiger partial charge >= 0.3 is 5.97 Å². The third kappa shape index (κ3) is 2.42. The van der Waals surface area contributed by atoms with Gasteiger partial charge in [0, 0.05) is 10.7 Å². The van der Waals surface area contributed by atoms with Gasteiger partial charge in [0.2, 0.25) is 5.88 Å². The minimum absolute atomic E-state index is 0.0659. The zero-order chi connectivity index (χ0) is 9.84. The monoisotopic (exact) mass is 245 g/mol. The van der Waals surface area contributed by atoms with Gasteiger partial charge in [-0.3, -0.25) is 0 Å². The summed E-state index contributed by atoms with van der Waals surface area (Å²) in [5.41, 5.74) is 0.0659. The van der Waals surface area contributed by atoms with Crippen molar-refractivity contribution in [1.29, 1.82) is 0 Å². The molecule has 0 saturated heterocycles. The number of nitrogens with zero attached hydrogens (tertiary/aromatic N) is 1. The summed E-state index contributed by atoms with van der Waals surface area (Å²) in [7, 11) is 0. The molecule has 0 radical (unpaired) electrons. The van der Waals surface area contributed by atoms with Gasteiger partial charge in [-0.2, -0.15) is 0 Å². The van der Waals surface area contributed by atoms with Crippen molar-refractivity contribution in [3.63, 3.8) is 0 Å². The first-order valence-corrected chi connectivity index (χ1v) is 4.46. The molecule has 5 heteroatoms. The Balaban J connectivity index is 3.10. The van der Waals surface area contributed by atoms with Crippen molar-refractivity contribution in [3.8, 4) is 5.88 Å². The molecule has 1 N–H and O–H groups in total. The molecule has 0 aliphatic rings. The molecule has 0 aliphatic carbocycles. The fourth-order valence-electron chi connectivity index (χ4n) is 0.832. The Morgan fingerprint density at radius 1 is 1.77 bits per heavy atom. The van der Waals surface area contributed by atoms with Crippen LogP contribution in [0.4, 0.5) is 0 Å². The van der Waals surface area contributed by atoms with E-state index in [4.69, 9.17) is 9.84 Å². The van der Waals surface area contributed by atoms with E-state index in [-0.39, 0.29) is 11.4 Å². The summed E-state index contributed by atoms with van der Waals surface area (Å²) in [6, 6.07) is 1.46. The SMILES string of the molecule is CCOc1ncc(Br)cc1C(=O)O. The van der Waals surface area contributed by atoms with E-state index in [2.05, 4.69) is 20.9 Å². The molecule has 0 saturated carbocycles. The summed E-state index contributed by atoms with van der Waals surface area (Å²) in [6.45, 7) is 2.17. The molecule has 0 fully saturated rings. The smallest absolute Gasteiger partial charge is 0.341 e. The van der Waals surface area contributed by atoms with E-state index >= 15 is 0 Å². The standard InChI is InChI=1S/C8H8BrNO3/c1-2-13-7-6(8(11)12)3-5(9)4-10-7/h3-4H,2H2,1H3,(H,11,12). The number of rotatable bonds is 3. The number of pyridine rings is 1. The summed E-state index contributed by atoms with van der Waals surface area (Å²) in [6.07, 6.45) is 1.50. The summed E-state index contributed by atoms with van der Waals surface area (Å²) in [5, 5.41) is 8.78. The third-order valence-electron chi connectivity index (χ3n) is 1.33. The van der Waals surface area contributed by atoms with E-state index in [9.17, 15) is 4.79 Å². The Morgan fingerprint density at radius 3 is 3.00 bits per heavy atom. The van der Waals surface area contributed by atoms with Gasteiger partial charge in [-0.05, 0) is 28.9 Å². The first kappa shape index (κ1) is 9.98. The molecule has 0 aromatic carbocycles. The lowest BCUT2D eigenvalue weighted by Gasteiger charge is -2.04. The van der Waals surface area contributed by atoms with Crippen LogP contribution in [-0.4, -0.2) is 22.7 Å². The molecule has 0 spiro atoms. The highest BCUT2D eigenvalue weighted by atomic mass is 79.9. The maximum Gasteiger partial charge on any atom is 0.341 e. The highest BCUT2D eigenvalue weighted by Gasteiger charge is 2.12. The van der Waals surface area contributed by atoms with Crippen LogP contribution in [0.25, 0.3) is 0 Å². The molecule has 13 heavy (non-hydrogen) atoms. The van der Waals surface area contributed by atoms with E-state index < -0.39 is 5.97 Å². The van der Waals surface area contributed by atoms with Crippen LogP contribution in [0.3, 0.4) is 0 Å². The number of hydrogen-bond donors (Lipinski definition) is 1. The van der Waals surface area contributed by atoms with Gasteiger partial charge in [0.25, 0.3) is 0 Å². The molecule has 0 bridgehead atoms. The highest BCUT2D eigenvalue weighted by Crippen LogP contribution is 2.19. The average Bonchev–Trinajstić information content (AvgIpc) is 2.08. The topological polar surface area (TPSA) is 59.4 Å². The lowest BCUT2D eigenvalue weighted by Crippen LogP contribution is -2.04. The second kappa shape index (κ2) is 4.23. The van der Waals surface area contributed by atoms with Gasteiger partial charge in [0.1, 0.15) is 5.56 Å². The van der Waals surface area contributed by atoms with Crippen LogP contribution in [0.2, 0.25) is 0 Å².